The molecular formula is C18H22O6. The molecule has 0 heterocycles. The summed E-state index contributed by atoms with van der Waals surface area (Å²) in [6, 6.07) is 2.79. The number of methoxy groups -OCH3 is 3. The zero-order valence-electron chi connectivity index (χ0n) is 14.5. The van der Waals surface area contributed by atoms with Gasteiger partial charge in [0.25, 0.3) is 0 Å². The average molecular weight is 334 g/mol. The molecule has 0 saturated heterocycles. The van der Waals surface area contributed by atoms with Crippen molar-refractivity contribution in [1.82, 2.24) is 0 Å². The van der Waals surface area contributed by atoms with Crippen molar-refractivity contribution >= 4 is 16.7 Å². The van der Waals surface area contributed by atoms with E-state index in [1.807, 2.05) is 13.8 Å². The standard InChI is InChI=1S/C18H22O6/c1-9(2)14-11-6-10(18(20)21)7-13(19)15(11)12(8-22-3)16(23-4)17(14)24-5/h6-7,9,19H,8H2,1-5H3,(H,20,21). The zero-order chi connectivity index (χ0) is 18.0. The third-order valence-electron chi connectivity index (χ3n) is 3.96. The molecule has 0 amide bonds. The van der Waals surface area contributed by atoms with E-state index in [4.69, 9.17) is 14.2 Å². The minimum Gasteiger partial charge on any atom is -0.507 e. The number of carboxylic acids is 1. The van der Waals surface area contributed by atoms with Crippen molar-refractivity contribution in [2.24, 2.45) is 0 Å². The number of ether oxygens (including phenoxy) is 3. The highest BCUT2D eigenvalue weighted by molar-refractivity contribution is 6.02. The number of carboxylic acid groups (broad SMARTS) is 1. The monoisotopic (exact) mass is 334 g/mol. The van der Waals surface area contributed by atoms with E-state index in [1.54, 1.807) is 6.07 Å². The molecule has 130 valence electrons. The Hall–Kier alpha value is -2.47. The maximum Gasteiger partial charge on any atom is 0.335 e. The molecule has 6 heteroatoms. The van der Waals surface area contributed by atoms with Crippen LogP contribution in [-0.4, -0.2) is 37.5 Å². The van der Waals surface area contributed by atoms with Gasteiger partial charge in [-0.05, 0) is 23.4 Å². The van der Waals surface area contributed by atoms with Crippen LogP contribution < -0.4 is 9.47 Å². The van der Waals surface area contributed by atoms with Crippen LogP contribution in [0.25, 0.3) is 10.8 Å². The van der Waals surface area contributed by atoms with Crippen LogP contribution in [0.2, 0.25) is 0 Å². The molecule has 0 radical (unpaired) electrons. The Morgan fingerprint density at radius 1 is 1.12 bits per heavy atom. The van der Waals surface area contributed by atoms with Gasteiger partial charge in [0.2, 0.25) is 0 Å². The van der Waals surface area contributed by atoms with Gasteiger partial charge in [-0.2, -0.15) is 0 Å². The number of carbonyl (C=O) groups is 1. The van der Waals surface area contributed by atoms with Gasteiger partial charge in [-0.25, -0.2) is 4.79 Å². The lowest BCUT2D eigenvalue weighted by molar-refractivity contribution is 0.0696. The zero-order valence-corrected chi connectivity index (χ0v) is 14.5. The Morgan fingerprint density at radius 3 is 2.21 bits per heavy atom. The second-order valence-corrected chi connectivity index (χ2v) is 5.77. The Bertz CT molecular complexity index is 779. The Labute approximate surface area is 140 Å². The normalized spacial score (nSPS) is 11.1. The molecule has 2 aromatic carbocycles. The van der Waals surface area contributed by atoms with Gasteiger partial charge in [0.1, 0.15) is 5.75 Å². The number of phenols is 1. The SMILES string of the molecule is COCc1c(OC)c(OC)c(C(C)C)c2cc(C(=O)O)cc(O)c12. The minimum absolute atomic E-state index is 0.0116. The van der Waals surface area contributed by atoms with Crippen molar-refractivity contribution in [2.45, 2.75) is 26.4 Å². The molecule has 2 N–H and O–H groups in total. The number of aromatic carboxylic acids is 1. The van der Waals surface area contributed by atoms with Crippen molar-refractivity contribution in [3.63, 3.8) is 0 Å². The Morgan fingerprint density at radius 2 is 1.75 bits per heavy atom. The first-order valence-electron chi connectivity index (χ1n) is 7.52. The summed E-state index contributed by atoms with van der Waals surface area (Å²) < 4.78 is 16.3. The van der Waals surface area contributed by atoms with E-state index >= 15 is 0 Å². The Balaban J connectivity index is 3.08. The molecule has 24 heavy (non-hydrogen) atoms. The quantitative estimate of drug-likeness (QED) is 0.840. The molecule has 0 fully saturated rings. The molecule has 2 aromatic rings. The predicted octanol–water partition coefficient (Wildman–Crippen LogP) is 3.53. The van der Waals surface area contributed by atoms with E-state index in [-0.39, 0.29) is 23.8 Å². The molecule has 0 unspecified atom stereocenters. The second-order valence-electron chi connectivity index (χ2n) is 5.77. The molecule has 2 rings (SSSR count). The predicted molar refractivity (Wildman–Crippen MR) is 90.5 cm³/mol. The van der Waals surface area contributed by atoms with Gasteiger partial charge in [0.15, 0.2) is 11.5 Å². The highest BCUT2D eigenvalue weighted by Crippen LogP contribution is 2.47. The van der Waals surface area contributed by atoms with Crippen molar-refractivity contribution in [1.29, 1.82) is 0 Å². The highest BCUT2D eigenvalue weighted by atomic mass is 16.5. The number of aromatic hydroxyl groups is 1. The highest BCUT2D eigenvalue weighted by Gasteiger charge is 2.25. The second kappa shape index (κ2) is 6.97. The van der Waals surface area contributed by atoms with Crippen LogP contribution in [0, 0.1) is 0 Å². The number of hydrogen-bond donors (Lipinski definition) is 2. The van der Waals surface area contributed by atoms with E-state index in [0.29, 0.717) is 27.8 Å². The number of benzene rings is 2. The maximum atomic E-state index is 11.4. The fraction of sp³-hybridized carbons (Fsp3) is 0.389. The molecule has 0 atom stereocenters. The number of phenolic OH excluding ortho intramolecular Hbond substituents is 1. The summed E-state index contributed by atoms with van der Waals surface area (Å²) in [5, 5.41) is 20.9. The summed E-state index contributed by atoms with van der Waals surface area (Å²) in [5.74, 6) is -0.205. The van der Waals surface area contributed by atoms with Gasteiger partial charge in [0, 0.05) is 23.6 Å². The molecular weight excluding hydrogens is 312 g/mol. The first kappa shape index (κ1) is 17.9. The van der Waals surface area contributed by atoms with Gasteiger partial charge < -0.3 is 24.4 Å². The fourth-order valence-electron chi connectivity index (χ4n) is 3.05. The van der Waals surface area contributed by atoms with Crippen LogP contribution in [0.5, 0.6) is 17.2 Å². The van der Waals surface area contributed by atoms with Crippen molar-refractivity contribution in [2.75, 3.05) is 21.3 Å². The van der Waals surface area contributed by atoms with Crippen LogP contribution in [-0.2, 0) is 11.3 Å². The number of hydrogen-bond acceptors (Lipinski definition) is 5. The van der Waals surface area contributed by atoms with Gasteiger partial charge in [-0.15, -0.1) is 0 Å². The van der Waals surface area contributed by atoms with E-state index in [9.17, 15) is 15.0 Å². The molecule has 6 nitrogen and oxygen atoms in total. The van der Waals surface area contributed by atoms with E-state index in [0.717, 1.165) is 5.56 Å². The van der Waals surface area contributed by atoms with Crippen LogP contribution in [0.3, 0.4) is 0 Å². The molecule has 0 aliphatic heterocycles. The lowest BCUT2D eigenvalue weighted by Crippen LogP contribution is -2.06. The smallest absolute Gasteiger partial charge is 0.335 e. The number of rotatable bonds is 6. The van der Waals surface area contributed by atoms with Gasteiger partial charge in [0.05, 0.1) is 26.4 Å². The fourth-order valence-corrected chi connectivity index (χ4v) is 3.05. The van der Waals surface area contributed by atoms with Gasteiger partial charge in [-0.3, -0.25) is 0 Å². The lowest BCUT2D eigenvalue weighted by atomic mass is 9.89. The lowest BCUT2D eigenvalue weighted by Gasteiger charge is -2.22. The largest absolute Gasteiger partial charge is 0.507 e. The summed E-state index contributed by atoms with van der Waals surface area (Å²) in [7, 11) is 4.60. The molecule has 0 aromatic heterocycles. The third kappa shape index (κ3) is 2.85. The van der Waals surface area contributed by atoms with Gasteiger partial charge in [-0.1, -0.05) is 13.8 Å². The van der Waals surface area contributed by atoms with Crippen LogP contribution >= 0.6 is 0 Å². The topological polar surface area (TPSA) is 85.2 Å². The summed E-state index contributed by atoms with van der Waals surface area (Å²) in [5.41, 5.74) is 1.41. The first-order valence-corrected chi connectivity index (χ1v) is 7.52. The van der Waals surface area contributed by atoms with Crippen LogP contribution in [0.1, 0.15) is 41.3 Å². The molecule has 0 spiro atoms. The first-order chi connectivity index (χ1) is 11.4. The summed E-state index contributed by atoms with van der Waals surface area (Å²) >= 11 is 0. The third-order valence-corrected chi connectivity index (χ3v) is 3.96. The Kier molecular flexibility index (Phi) is 5.19. The van der Waals surface area contributed by atoms with E-state index < -0.39 is 5.97 Å². The van der Waals surface area contributed by atoms with Crippen LogP contribution in [0.15, 0.2) is 12.1 Å². The van der Waals surface area contributed by atoms with Crippen molar-refractivity contribution in [3.05, 3.63) is 28.8 Å². The van der Waals surface area contributed by atoms with E-state index in [1.165, 1.54) is 27.4 Å². The van der Waals surface area contributed by atoms with Crippen molar-refractivity contribution < 1.29 is 29.2 Å². The maximum absolute atomic E-state index is 11.4. The molecule has 0 bridgehead atoms. The summed E-state index contributed by atoms with van der Waals surface area (Å²) in [6.45, 7) is 4.13. The van der Waals surface area contributed by atoms with Crippen molar-refractivity contribution in [3.8, 4) is 17.2 Å². The molecule has 0 aliphatic rings. The van der Waals surface area contributed by atoms with Crippen LogP contribution in [0.4, 0.5) is 0 Å². The summed E-state index contributed by atoms with van der Waals surface area (Å²) in [4.78, 5) is 11.4. The van der Waals surface area contributed by atoms with Gasteiger partial charge >= 0.3 is 5.97 Å². The molecule has 0 aliphatic carbocycles. The summed E-state index contributed by atoms with van der Waals surface area (Å²) in [6.07, 6.45) is 0. The molecule has 0 saturated carbocycles. The minimum atomic E-state index is -1.11. The average Bonchev–Trinajstić information content (AvgIpc) is 2.53. The number of fused-ring (bicyclic) bond motifs is 1. The van der Waals surface area contributed by atoms with E-state index in [2.05, 4.69) is 0 Å².